The van der Waals surface area contributed by atoms with Crippen molar-refractivity contribution in [2.75, 3.05) is 25.7 Å². The van der Waals surface area contributed by atoms with Gasteiger partial charge in [0, 0.05) is 30.5 Å². The number of ether oxygens (including phenoxy) is 2. The van der Waals surface area contributed by atoms with Crippen LogP contribution in [0.2, 0.25) is 0 Å². The average Bonchev–Trinajstić information content (AvgIpc) is 2.60. The van der Waals surface area contributed by atoms with Gasteiger partial charge in [-0.25, -0.2) is 0 Å². The standard InChI is InChI=1S/C18H19NO3/c1-21-14-9-7-13(8-10-14)18(20)19-12-11-17(22-2)15-5-3-4-6-16(15)19/h3-10,17H,11-12H2,1-2H3. The third kappa shape index (κ3) is 2.57. The van der Waals surface area contributed by atoms with Crippen molar-refractivity contribution in [3.05, 3.63) is 59.7 Å². The molecular weight excluding hydrogens is 278 g/mol. The van der Waals surface area contributed by atoms with Crippen LogP contribution in [0.4, 0.5) is 5.69 Å². The molecule has 0 spiro atoms. The Labute approximate surface area is 130 Å². The summed E-state index contributed by atoms with van der Waals surface area (Å²) in [5.74, 6) is 0.750. The molecule has 1 atom stereocenters. The number of carbonyl (C=O) groups excluding carboxylic acids is 1. The van der Waals surface area contributed by atoms with Crippen LogP contribution in [0.15, 0.2) is 48.5 Å². The van der Waals surface area contributed by atoms with E-state index in [9.17, 15) is 4.79 Å². The van der Waals surface area contributed by atoms with Gasteiger partial charge < -0.3 is 14.4 Å². The van der Waals surface area contributed by atoms with Crippen LogP contribution in [0.5, 0.6) is 5.75 Å². The number of benzene rings is 2. The molecule has 2 aromatic rings. The van der Waals surface area contributed by atoms with Gasteiger partial charge in [-0.05, 0) is 36.8 Å². The zero-order chi connectivity index (χ0) is 15.5. The second-order valence-corrected chi connectivity index (χ2v) is 5.26. The Morgan fingerprint density at radius 3 is 2.50 bits per heavy atom. The topological polar surface area (TPSA) is 38.8 Å². The quantitative estimate of drug-likeness (QED) is 0.871. The van der Waals surface area contributed by atoms with Gasteiger partial charge in [-0.3, -0.25) is 4.79 Å². The predicted octanol–water partition coefficient (Wildman–Crippen LogP) is 3.43. The molecule has 0 N–H and O–H groups in total. The fraction of sp³-hybridized carbons (Fsp3) is 0.278. The first-order valence-corrected chi connectivity index (χ1v) is 7.32. The lowest BCUT2D eigenvalue weighted by molar-refractivity contribution is 0.0868. The minimum absolute atomic E-state index is 0.00431. The summed E-state index contributed by atoms with van der Waals surface area (Å²) in [6.45, 7) is 0.653. The molecule has 2 aromatic carbocycles. The van der Waals surface area contributed by atoms with E-state index in [1.54, 1.807) is 38.5 Å². The van der Waals surface area contributed by atoms with E-state index in [0.717, 1.165) is 23.4 Å². The van der Waals surface area contributed by atoms with Gasteiger partial charge in [-0.15, -0.1) is 0 Å². The van der Waals surface area contributed by atoms with Crippen LogP contribution < -0.4 is 9.64 Å². The lowest BCUT2D eigenvalue weighted by atomic mass is 9.98. The molecule has 0 fully saturated rings. The molecular formula is C18H19NO3. The molecule has 114 valence electrons. The number of fused-ring (bicyclic) bond motifs is 1. The summed E-state index contributed by atoms with van der Waals surface area (Å²) >= 11 is 0. The van der Waals surface area contributed by atoms with Gasteiger partial charge in [0.1, 0.15) is 5.75 Å². The minimum Gasteiger partial charge on any atom is -0.497 e. The number of carbonyl (C=O) groups is 1. The molecule has 4 nitrogen and oxygen atoms in total. The van der Waals surface area contributed by atoms with Crippen molar-refractivity contribution in [1.29, 1.82) is 0 Å². The highest BCUT2D eigenvalue weighted by atomic mass is 16.5. The molecule has 1 unspecified atom stereocenters. The molecule has 0 aromatic heterocycles. The third-order valence-electron chi connectivity index (χ3n) is 4.06. The number of amides is 1. The van der Waals surface area contributed by atoms with Gasteiger partial charge in [0.15, 0.2) is 0 Å². The summed E-state index contributed by atoms with van der Waals surface area (Å²) in [5.41, 5.74) is 2.66. The second-order valence-electron chi connectivity index (χ2n) is 5.26. The van der Waals surface area contributed by atoms with Gasteiger partial charge in [0.2, 0.25) is 0 Å². The monoisotopic (exact) mass is 297 g/mol. The Morgan fingerprint density at radius 1 is 1.09 bits per heavy atom. The van der Waals surface area contributed by atoms with Crippen LogP contribution in [0.1, 0.15) is 28.4 Å². The van der Waals surface area contributed by atoms with Crippen molar-refractivity contribution in [1.82, 2.24) is 0 Å². The number of nitrogens with zero attached hydrogens (tertiary/aromatic N) is 1. The number of hydrogen-bond acceptors (Lipinski definition) is 3. The van der Waals surface area contributed by atoms with Crippen LogP contribution in [0, 0.1) is 0 Å². The number of hydrogen-bond donors (Lipinski definition) is 0. The molecule has 0 saturated carbocycles. The fourth-order valence-electron chi connectivity index (χ4n) is 2.87. The van der Waals surface area contributed by atoms with E-state index in [0.29, 0.717) is 12.1 Å². The lowest BCUT2D eigenvalue weighted by Gasteiger charge is -2.33. The van der Waals surface area contributed by atoms with E-state index in [1.165, 1.54) is 0 Å². The molecule has 0 bridgehead atoms. The Kier molecular flexibility index (Phi) is 4.11. The maximum Gasteiger partial charge on any atom is 0.258 e. The first-order valence-electron chi connectivity index (χ1n) is 7.32. The van der Waals surface area contributed by atoms with Crippen molar-refractivity contribution in [3.8, 4) is 5.75 Å². The maximum absolute atomic E-state index is 12.8. The predicted molar refractivity (Wildman–Crippen MR) is 85.5 cm³/mol. The highest BCUT2D eigenvalue weighted by Gasteiger charge is 2.28. The van der Waals surface area contributed by atoms with E-state index >= 15 is 0 Å². The summed E-state index contributed by atoms with van der Waals surface area (Å²) in [5, 5.41) is 0. The van der Waals surface area contributed by atoms with Gasteiger partial charge in [-0.2, -0.15) is 0 Å². The third-order valence-corrected chi connectivity index (χ3v) is 4.06. The smallest absolute Gasteiger partial charge is 0.258 e. The van der Waals surface area contributed by atoms with E-state index < -0.39 is 0 Å². The summed E-state index contributed by atoms with van der Waals surface area (Å²) in [7, 11) is 3.32. The van der Waals surface area contributed by atoms with Gasteiger partial charge in [0.05, 0.1) is 13.2 Å². The van der Waals surface area contributed by atoms with Crippen molar-refractivity contribution in [2.24, 2.45) is 0 Å². The largest absolute Gasteiger partial charge is 0.497 e. The van der Waals surface area contributed by atoms with E-state index in [1.807, 2.05) is 29.2 Å². The van der Waals surface area contributed by atoms with E-state index in [2.05, 4.69) is 0 Å². The van der Waals surface area contributed by atoms with Gasteiger partial charge >= 0.3 is 0 Å². The van der Waals surface area contributed by atoms with Crippen molar-refractivity contribution in [2.45, 2.75) is 12.5 Å². The molecule has 3 rings (SSSR count). The highest BCUT2D eigenvalue weighted by molar-refractivity contribution is 6.06. The van der Waals surface area contributed by atoms with Gasteiger partial charge in [0.25, 0.3) is 5.91 Å². The number of rotatable bonds is 3. The average molecular weight is 297 g/mol. The molecule has 0 radical (unpaired) electrons. The zero-order valence-electron chi connectivity index (χ0n) is 12.8. The summed E-state index contributed by atoms with van der Waals surface area (Å²) in [4.78, 5) is 14.6. The Balaban J connectivity index is 1.92. The molecule has 22 heavy (non-hydrogen) atoms. The SMILES string of the molecule is COc1ccc(C(=O)N2CCC(OC)c3ccccc32)cc1. The normalized spacial score (nSPS) is 17.0. The van der Waals surface area contributed by atoms with Crippen LogP contribution in [0.3, 0.4) is 0 Å². The zero-order valence-corrected chi connectivity index (χ0v) is 12.8. The van der Waals surface area contributed by atoms with Crippen molar-refractivity contribution in [3.63, 3.8) is 0 Å². The second kappa shape index (κ2) is 6.20. The number of para-hydroxylation sites is 1. The molecule has 4 heteroatoms. The Morgan fingerprint density at radius 2 is 1.82 bits per heavy atom. The highest BCUT2D eigenvalue weighted by Crippen LogP contribution is 2.36. The molecule has 1 aliphatic rings. The first-order chi connectivity index (χ1) is 10.7. The van der Waals surface area contributed by atoms with Crippen LogP contribution >= 0.6 is 0 Å². The molecule has 1 amide bonds. The molecule has 0 saturated heterocycles. The van der Waals surface area contributed by atoms with E-state index in [4.69, 9.17) is 9.47 Å². The van der Waals surface area contributed by atoms with Crippen LogP contribution in [0.25, 0.3) is 0 Å². The summed E-state index contributed by atoms with van der Waals surface area (Å²) in [6.07, 6.45) is 0.853. The van der Waals surface area contributed by atoms with Crippen molar-refractivity contribution >= 4 is 11.6 Å². The molecule has 1 heterocycles. The Bertz CT molecular complexity index is 666. The minimum atomic E-state index is 0.00431. The lowest BCUT2D eigenvalue weighted by Crippen LogP contribution is -2.37. The van der Waals surface area contributed by atoms with Crippen molar-refractivity contribution < 1.29 is 14.3 Å². The number of anilines is 1. The number of methoxy groups -OCH3 is 2. The van der Waals surface area contributed by atoms with Crippen LogP contribution in [-0.2, 0) is 4.74 Å². The summed E-state index contributed by atoms with van der Waals surface area (Å²) in [6, 6.07) is 15.1. The molecule has 1 aliphatic heterocycles. The molecule has 0 aliphatic carbocycles. The first kappa shape index (κ1) is 14.6. The van der Waals surface area contributed by atoms with Crippen LogP contribution in [-0.4, -0.2) is 26.7 Å². The fourth-order valence-corrected chi connectivity index (χ4v) is 2.87. The van der Waals surface area contributed by atoms with Gasteiger partial charge in [-0.1, -0.05) is 18.2 Å². The Hall–Kier alpha value is -2.33. The summed E-state index contributed by atoms with van der Waals surface area (Å²) < 4.78 is 10.7. The maximum atomic E-state index is 12.8. The van der Waals surface area contributed by atoms with E-state index in [-0.39, 0.29) is 12.0 Å².